The molecule has 0 aromatic heterocycles. The Morgan fingerprint density at radius 2 is 0.805 bits per heavy atom. The third-order valence-corrected chi connectivity index (χ3v) is 9.59. The summed E-state index contributed by atoms with van der Waals surface area (Å²) in [6.07, 6.45) is 0. The van der Waals surface area contributed by atoms with Crippen molar-refractivity contribution in [3.63, 3.8) is 0 Å². The molecule has 8 rings (SSSR count). The summed E-state index contributed by atoms with van der Waals surface area (Å²) in [5.41, 5.74) is 2.66. The minimum Gasteiger partial charge on any atom is -0.395 e. The predicted octanol–water partition coefficient (Wildman–Crippen LogP) is 9.34. The van der Waals surface area contributed by atoms with E-state index in [1.165, 1.54) is 75.8 Å². The van der Waals surface area contributed by atoms with E-state index in [4.69, 9.17) is 0 Å². The van der Waals surface area contributed by atoms with Gasteiger partial charge in [0.05, 0.1) is 6.61 Å². The average Bonchev–Trinajstić information content (AvgIpc) is 3.02. The van der Waals surface area contributed by atoms with E-state index in [0.717, 1.165) is 0 Å². The first-order chi connectivity index (χ1) is 20.1. The Kier molecular flexibility index (Phi) is 5.63. The molecule has 200 valence electrons. The largest absolute Gasteiger partial charge is 0.395 e. The lowest BCUT2D eigenvalue weighted by molar-refractivity contribution is 0.273. The Hall–Kier alpha value is -4.24. The molecule has 8 aromatic rings. The van der Waals surface area contributed by atoms with Crippen molar-refractivity contribution >= 4 is 64.6 Å². The van der Waals surface area contributed by atoms with Gasteiger partial charge in [0.1, 0.15) is 0 Å². The molecule has 0 amide bonds. The minimum atomic E-state index is 0.122. The van der Waals surface area contributed by atoms with Crippen molar-refractivity contribution in [2.24, 2.45) is 0 Å². The van der Waals surface area contributed by atoms with Crippen LogP contribution in [-0.2, 0) is 0 Å². The molecule has 2 N–H and O–H groups in total. The average molecular weight is 532 g/mol. The molecule has 0 fully saturated rings. The summed E-state index contributed by atoms with van der Waals surface area (Å²) in [5.74, 6) is 0.480. The fourth-order valence-corrected chi connectivity index (χ4v) is 7.51. The van der Waals surface area contributed by atoms with Gasteiger partial charge in [0.15, 0.2) is 0 Å². The zero-order valence-corrected chi connectivity index (χ0v) is 23.5. The van der Waals surface area contributed by atoms with E-state index in [1.807, 2.05) is 0 Å². The van der Waals surface area contributed by atoms with E-state index < -0.39 is 0 Å². The molecule has 0 heterocycles. The number of benzene rings is 8. The van der Waals surface area contributed by atoms with Crippen LogP contribution in [0.15, 0.2) is 109 Å². The highest BCUT2D eigenvalue weighted by atomic mass is 16.3. The maximum Gasteiger partial charge on any atom is 0.0556 e. The van der Waals surface area contributed by atoms with Crippen LogP contribution >= 0.6 is 0 Å². The van der Waals surface area contributed by atoms with E-state index >= 15 is 0 Å². The van der Waals surface area contributed by atoms with E-state index in [-0.39, 0.29) is 24.5 Å². The van der Waals surface area contributed by atoms with Crippen LogP contribution in [0.1, 0.15) is 36.8 Å². The first kappa shape index (κ1) is 24.5. The highest BCUT2D eigenvalue weighted by Crippen LogP contribution is 2.40. The molecule has 0 bridgehead atoms. The lowest BCUT2D eigenvalue weighted by Crippen LogP contribution is -2.39. The summed E-state index contributed by atoms with van der Waals surface area (Å²) in [6.45, 7) is 5.37. The summed E-state index contributed by atoms with van der Waals surface area (Å²) in [7, 11) is 0. The number of rotatable bonds is 7. The minimum absolute atomic E-state index is 0.122. The van der Waals surface area contributed by atoms with Crippen molar-refractivity contribution < 1.29 is 5.11 Å². The van der Waals surface area contributed by atoms with Gasteiger partial charge in [0, 0.05) is 12.6 Å². The summed E-state index contributed by atoms with van der Waals surface area (Å²) < 4.78 is 0. The normalized spacial score (nSPS) is 14.0. The maximum atomic E-state index is 9.80. The molecule has 0 aliphatic rings. The monoisotopic (exact) mass is 531 g/mol. The molecule has 2 atom stereocenters. The van der Waals surface area contributed by atoms with Crippen LogP contribution in [0.3, 0.4) is 0 Å². The van der Waals surface area contributed by atoms with Gasteiger partial charge in [-0.1, -0.05) is 123 Å². The molecule has 0 spiro atoms. The lowest BCUT2D eigenvalue weighted by Gasteiger charge is -2.32. The van der Waals surface area contributed by atoms with Crippen molar-refractivity contribution in [2.45, 2.75) is 31.7 Å². The maximum absolute atomic E-state index is 9.80. The second kappa shape index (κ2) is 9.41. The second-order valence-electron chi connectivity index (χ2n) is 11.9. The number of hydrogen-bond donors (Lipinski definition) is 2. The van der Waals surface area contributed by atoms with Crippen molar-refractivity contribution in [1.29, 1.82) is 0 Å². The zero-order valence-electron chi connectivity index (χ0n) is 23.5. The predicted molar refractivity (Wildman–Crippen MR) is 176 cm³/mol. The van der Waals surface area contributed by atoms with Crippen LogP contribution in [-0.4, -0.2) is 24.3 Å². The Morgan fingerprint density at radius 1 is 0.488 bits per heavy atom. The standard InChI is InChI=1S/C39H33NO/c1-23(33-19-29-13-9-25-5-3-6-26-10-14-30(20-33)37(29)35(25)26)39(40-17-18-41)24(2)34-21-31-15-11-27-7-4-8-28-12-16-32(22-34)38(31)36(27)28/h3-16,19-24,39-41H,17-18H2,1-2H3/t23-,24-/m1/s1. The third kappa shape index (κ3) is 3.79. The van der Waals surface area contributed by atoms with E-state index in [1.54, 1.807) is 0 Å². The van der Waals surface area contributed by atoms with Gasteiger partial charge in [-0.25, -0.2) is 0 Å². The van der Waals surface area contributed by atoms with Crippen LogP contribution in [0.25, 0.3) is 64.6 Å². The van der Waals surface area contributed by atoms with Gasteiger partial charge in [-0.2, -0.15) is 0 Å². The fourth-order valence-electron chi connectivity index (χ4n) is 7.51. The van der Waals surface area contributed by atoms with Gasteiger partial charge in [-0.3, -0.25) is 0 Å². The summed E-state index contributed by atoms with van der Waals surface area (Å²) in [4.78, 5) is 0. The Bertz CT molecular complexity index is 1910. The summed E-state index contributed by atoms with van der Waals surface area (Å²) in [6, 6.07) is 41.0. The number of aliphatic hydroxyl groups excluding tert-OH is 1. The van der Waals surface area contributed by atoms with Crippen LogP contribution in [0, 0.1) is 0 Å². The quantitative estimate of drug-likeness (QED) is 0.201. The van der Waals surface area contributed by atoms with Gasteiger partial charge in [0.25, 0.3) is 0 Å². The van der Waals surface area contributed by atoms with Crippen LogP contribution < -0.4 is 5.32 Å². The van der Waals surface area contributed by atoms with Gasteiger partial charge >= 0.3 is 0 Å². The molecular weight excluding hydrogens is 498 g/mol. The third-order valence-electron chi connectivity index (χ3n) is 9.59. The summed E-state index contributed by atoms with van der Waals surface area (Å²) >= 11 is 0. The molecule has 0 unspecified atom stereocenters. The molecule has 0 saturated carbocycles. The van der Waals surface area contributed by atoms with Crippen molar-refractivity contribution in [1.82, 2.24) is 5.32 Å². The van der Waals surface area contributed by atoms with Gasteiger partial charge in [-0.15, -0.1) is 0 Å². The van der Waals surface area contributed by atoms with Gasteiger partial charge in [-0.05, 0) is 87.6 Å². The lowest BCUT2D eigenvalue weighted by atomic mass is 9.79. The van der Waals surface area contributed by atoms with Crippen LogP contribution in [0.2, 0.25) is 0 Å². The molecular formula is C39H33NO. The summed E-state index contributed by atoms with van der Waals surface area (Å²) in [5, 5.41) is 29.3. The number of hydrogen-bond acceptors (Lipinski definition) is 2. The van der Waals surface area contributed by atoms with Gasteiger partial charge < -0.3 is 10.4 Å². The van der Waals surface area contributed by atoms with E-state index in [2.05, 4.69) is 128 Å². The highest BCUT2D eigenvalue weighted by Gasteiger charge is 2.27. The topological polar surface area (TPSA) is 32.3 Å². The van der Waals surface area contributed by atoms with Crippen molar-refractivity contribution in [2.75, 3.05) is 13.2 Å². The first-order valence-electron chi connectivity index (χ1n) is 14.8. The Morgan fingerprint density at radius 3 is 1.15 bits per heavy atom. The smallest absolute Gasteiger partial charge is 0.0556 e. The first-order valence-corrected chi connectivity index (χ1v) is 14.8. The Balaban J connectivity index is 1.23. The molecule has 2 heteroatoms. The molecule has 0 aliphatic carbocycles. The highest BCUT2D eigenvalue weighted by molar-refractivity contribution is 6.24. The van der Waals surface area contributed by atoms with Crippen molar-refractivity contribution in [3.05, 3.63) is 120 Å². The van der Waals surface area contributed by atoms with Crippen molar-refractivity contribution in [3.8, 4) is 0 Å². The molecule has 2 nitrogen and oxygen atoms in total. The molecule has 0 saturated heterocycles. The molecule has 8 aromatic carbocycles. The Labute approximate surface area is 239 Å². The number of nitrogens with one attached hydrogen (secondary N) is 1. The van der Waals surface area contributed by atoms with E-state index in [9.17, 15) is 5.11 Å². The zero-order chi connectivity index (χ0) is 27.7. The molecule has 0 aliphatic heterocycles. The fraction of sp³-hybridized carbons (Fsp3) is 0.179. The number of aliphatic hydroxyl groups is 1. The molecule has 41 heavy (non-hydrogen) atoms. The van der Waals surface area contributed by atoms with Crippen LogP contribution in [0.4, 0.5) is 0 Å². The molecule has 0 radical (unpaired) electrons. The van der Waals surface area contributed by atoms with Crippen LogP contribution in [0.5, 0.6) is 0 Å². The SMILES string of the molecule is C[C@H](c1cc2ccc3cccc4ccc(c1)c2c34)C(NCCO)[C@H](C)c1cc2ccc3cccc4ccc(c1)c2c34. The van der Waals surface area contributed by atoms with Gasteiger partial charge in [0.2, 0.25) is 0 Å². The van der Waals surface area contributed by atoms with E-state index in [0.29, 0.717) is 6.54 Å². The second-order valence-corrected chi connectivity index (χ2v) is 11.9.